The lowest BCUT2D eigenvalue weighted by molar-refractivity contribution is 0.102. The molecule has 0 unspecified atom stereocenters. The summed E-state index contributed by atoms with van der Waals surface area (Å²) in [5.41, 5.74) is 3.16. The van der Waals surface area contributed by atoms with E-state index < -0.39 is 0 Å². The Kier molecular flexibility index (Phi) is 4.07. The SMILES string of the molecule is CCc1ccccc1NC(=O)c1cc(Cl)nc2ccccc12. The molecule has 1 amide bonds. The van der Waals surface area contributed by atoms with Gasteiger partial charge in [-0.05, 0) is 30.2 Å². The molecule has 0 saturated carbocycles. The predicted molar refractivity (Wildman–Crippen MR) is 90.5 cm³/mol. The number of amides is 1. The summed E-state index contributed by atoms with van der Waals surface area (Å²) >= 11 is 6.04. The summed E-state index contributed by atoms with van der Waals surface area (Å²) in [4.78, 5) is 16.9. The average Bonchev–Trinajstić information content (AvgIpc) is 2.54. The number of aromatic nitrogens is 1. The number of carbonyl (C=O) groups excluding carboxylic acids is 1. The van der Waals surface area contributed by atoms with Crippen LogP contribution in [0.2, 0.25) is 5.15 Å². The highest BCUT2D eigenvalue weighted by atomic mass is 35.5. The van der Waals surface area contributed by atoms with E-state index in [1.165, 1.54) is 0 Å². The normalized spacial score (nSPS) is 10.6. The molecule has 1 aromatic heterocycles. The molecule has 3 rings (SSSR count). The molecule has 0 aliphatic carbocycles. The number of nitrogens with zero attached hydrogens (tertiary/aromatic N) is 1. The number of benzene rings is 2. The quantitative estimate of drug-likeness (QED) is 0.712. The number of hydrogen-bond acceptors (Lipinski definition) is 2. The van der Waals surface area contributed by atoms with Crippen LogP contribution in [0.25, 0.3) is 10.9 Å². The van der Waals surface area contributed by atoms with Gasteiger partial charge < -0.3 is 5.32 Å². The third-order valence-electron chi connectivity index (χ3n) is 3.58. The van der Waals surface area contributed by atoms with Crippen LogP contribution in [0.4, 0.5) is 5.69 Å². The van der Waals surface area contributed by atoms with Gasteiger partial charge in [-0.2, -0.15) is 0 Å². The van der Waals surface area contributed by atoms with Crippen LogP contribution in [0.15, 0.2) is 54.6 Å². The zero-order valence-corrected chi connectivity index (χ0v) is 12.9. The fourth-order valence-electron chi connectivity index (χ4n) is 2.47. The van der Waals surface area contributed by atoms with E-state index in [1.807, 2.05) is 48.5 Å². The highest BCUT2D eigenvalue weighted by Crippen LogP contribution is 2.23. The van der Waals surface area contributed by atoms with E-state index in [0.717, 1.165) is 23.1 Å². The first kappa shape index (κ1) is 14.5. The molecule has 4 heteroatoms. The molecule has 0 radical (unpaired) electrons. The Morgan fingerprint density at radius 3 is 2.68 bits per heavy atom. The van der Waals surface area contributed by atoms with Gasteiger partial charge in [0.2, 0.25) is 0 Å². The molecular weight excluding hydrogens is 296 g/mol. The van der Waals surface area contributed by atoms with Crippen LogP contribution in [-0.2, 0) is 6.42 Å². The first-order valence-corrected chi connectivity index (χ1v) is 7.51. The van der Waals surface area contributed by atoms with Gasteiger partial charge in [-0.1, -0.05) is 54.9 Å². The van der Waals surface area contributed by atoms with Crippen molar-refractivity contribution >= 4 is 34.1 Å². The molecule has 0 spiro atoms. The average molecular weight is 311 g/mol. The highest BCUT2D eigenvalue weighted by Gasteiger charge is 2.13. The number of nitrogens with one attached hydrogen (secondary N) is 1. The van der Waals surface area contributed by atoms with Crippen molar-refractivity contribution in [3.63, 3.8) is 0 Å². The lowest BCUT2D eigenvalue weighted by Gasteiger charge is -2.11. The van der Waals surface area contributed by atoms with Crippen LogP contribution in [0.1, 0.15) is 22.8 Å². The fraction of sp³-hybridized carbons (Fsp3) is 0.111. The Morgan fingerprint density at radius 2 is 1.86 bits per heavy atom. The van der Waals surface area contributed by atoms with E-state index >= 15 is 0 Å². The van der Waals surface area contributed by atoms with Crippen molar-refractivity contribution in [1.29, 1.82) is 0 Å². The van der Waals surface area contributed by atoms with Crippen molar-refractivity contribution in [2.45, 2.75) is 13.3 Å². The Bertz CT molecular complexity index is 845. The molecule has 22 heavy (non-hydrogen) atoms. The largest absolute Gasteiger partial charge is 0.322 e. The Morgan fingerprint density at radius 1 is 1.14 bits per heavy atom. The molecule has 0 atom stereocenters. The number of para-hydroxylation sites is 2. The molecule has 2 aromatic carbocycles. The second kappa shape index (κ2) is 6.16. The van der Waals surface area contributed by atoms with Crippen molar-refractivity contribution in [3.8, 4) is 0 Å². The second-order valence-electron chi connectivity index (χ2n) is 4.97. The van der Waals surface area contributed by atoms with Gasteiger partial charge in [0, 0.05) is 11.1 Å². The summed E-state index contributed by atoms with van der Waals surface area (Å²) in [6.07, 6.45) is 0.855. The number of carbonyl (C=O) groups is 1. The number of hydrogen-bond donors (Lipinski definition) is 1. The van der Waals surface area contributed by atoms with E-state index in [9.17, 15) is 4.79 Å². The van der Waals surface area contributed by atoms with Crippen molar-refractivity contribution in [2.75, 3.05) is 5.32 Å². The Balaban J connectivity index is 2.02. The van der Waals surface area contributed by atoms with Gasteiger partial charge in [-0.25, -0.2) is 4.98 Å². The molecule has 0 saturated heterocycles. The summed E-state index contributed by atoms with van der Waals surface area (Å²) in [5.74, 6) is -0.179. The third-order valence-corrected chi connectivity index (χ3v) is 3.77. The molecule has 0 fully saturated rings. The second-order valence-corrected chi connectivity index (χ2v) is 5.36. The number of halogens is 1. The van der Waals surface area contributed by atoms with E-state index in [0.29, 0.717) is 16.2 Å². The molecule has 1 heterocycles. The van der Waals surface area contributed by atoms with Crippen molar-refractivity contribution < 1.29 is 4.79 Å². The number of pyridine rings is 1. The number of rotatable bonds is 3. The lowest BCUT2D eigenvalue weighted by atomic mass is 10.1. The molecule has 3 aromatic rings. The monoisotopic (exact) mass is 310 g/mol. The van der Waals surface area contributed by atoms with E-state index in [1.54, 1.807) is 6.07 Å². The third kappa shape index (κ3) is 2.81. The van der Waals surface area contributed by atoms with Gasteiger partial charge in [0.05, 0.1) is 11.1 Å². The zero-order valence-electron chi connectivity index (χ0n) is 12.1. The summed E-state index contributed by atoms with van der Waals surface area (Å²) in [5, 5.41) is 4.07. The van der Waals surface area contributed by atoms with E-state index in [2.05, 4.69) is 17.2 Å². The Hall–Kier alpha value is -2.39. The highest BCUT2D eigenvalue weighted by molar-refractivity contribution is 6.30. The first-order valence-electron chi connectivity index (χ1n) is 7.13. The number of fused-ring (bicyclic) bond motifs is 1. The Labute approximate surface area is 133 Å². The van der Waals surface area contributed by atoms with Crippen molar-refractivity contribution in [1.82, 2.24) is 4.98 Å². The maximum absolute atomic E-state index is 12.7. The smallest absolute Gasteiger partial charge is 0.256 e. The fourth-order valence-corrected chi connectivity index (χ4v) is 2.67. The zero-order chi connectivity index (χ0) is 15.5. The predicted octanol–water partition coefficient (Wildman–Crippen LogP) is 4.70. The van der Waals surface area contributed by atoms with Crippen LogP contribution < -0.4 is 5.32 Å². The molecule has 3 nitrogen and oxygen atoms in total. The minimum atomic E-state index is -0.179. The van der Waals surface area contributed by atoms with Gasteiger partial charge in [0.1, 0.15) is 5.15 Å². The maximum atomic E-state index is 12.7. The summed E-state index contributed by atoms with van der Waals surface area (Å²) in [6.45, 7) is 2.06. The minimum Gasteiger partial charge on any atom is -0.322 e. The van der Waals surface area contributed by atoms with Crippen LogP contribution in [0.3, 0.4) is 0 Å². The van der Waals surface area contributed by atoms with Gasteiger partial charge in [-0.3, -0.25) is 4.79 Å². The minimum absolute atomic E-state index is 0.179. The molecule has 0 aliphatic rings. The van der Waals surface area contributed by atoms with Gasteiger partial charge in [0.15, 0.2) is 0 Å². The van der Waals surface area contributed by atoms with Crippen LogP contribution >= 0.6 is 11.6 Å². The van der Waals surface area contributed by atoms with Gasteiger partial charge >= 0.3 is 0 Å². The molecular formula is C18H15ClN2O. The summed E-state index contributed by atoms with van der Waals surface area (Å²) in [7, 11) is 0. The standard InChI is InChI=1S/C18H15ClN2O/c1-2-12-7-3-5-9-15(12)21-18(22)14-11-17(19)20-16-10-6-4-8-13(14)16/h3-11H,2H2,1H3,(H,21,22). The molecule has 0 bridgehead atoms. The van der Waals surface area contributed by atoms with E-state index in [4.69, 9.17) is 11.6 Å². The lowest BCUT2D eigenvalue weighted by Crippen LogP contribution is -2.14. The number of anilines is 1. The van der Waals surface area contributed by atoms with Gasteiger partial charge in [0.25, 0.3) is 5.91 Å². The topological polar surface area (TPSA) is 42.0 Å². The van der Waals surface area contributed by atoms with Crippen LogP contribution in [-0.4, -0.2) is 10.9 Å². The maximum Gasteiger partial charge on any atom is 0.256 e. The van der Waals surface area contributed by atoms with Gasteiger partial charge in [-0.15, -0.1) is 0 Å². The molecule has 1 N–H and O–H groups in total. The first-order chi connectivity index (χ1) is 10.7. The van der Waals surface area contributed by atoms with Crippen LogP contribution in [0, 0.1) is 0 Å². The number of aryl methyl sites for hydroxylation is 1. The molecule has 0 aliphatic heterocycles. The van der Waals surface area contributed by atoms with E-state index in [-0.39, 0.29) is 5.91 Å². The van der Waals surface area contributed by atoms with Crippen LogP contribution in [0.5, 0.6) is 0 Å². The molecule has 110 valence electrons. The van der Waals surface area contributed by atoms with Crippen molar-refractivity contribution in [3.05, 3.63) is 70.9 Å². The summed E-state index contributed by atoms with van der Waals surface area (Å²) in [6, 6.07) is 16.9. The summed E-state index contributed by atoms with van der Waals surface area (Å²) < 4.78 is 0. The van der Waals surface area contributed by atoms with Crippen molar-refractivity contribution in [2.24, 2.45) is 0 Å².